The average Bonchev–Trinajstić information content (AvgIpc) is 2.74. The molecule has 0 bridgehead atoms. The molecule has 0 saturated carbocycles. The number of aromatic nitrogens is 4. The van der Waals surface area contributed by atoms with E-state index in [0.717, 1.165) is 17.7 Å². The molecule has 5 heteroatoms. The Hall–Kier alpha value is -1.49. The number of hydrogen-bond acceptors (Lipinski definition) is 4. The first-order chi connectivity index (χ1) is 6.28. The second kappa shape index (κ2) is 2.05. The molecular formula is C8H8N4O. The maximum atomic E-state index is 5.31. The number of fused-ring (bicyclic) bond motifs is 1. The van der Waals surface area contributed by atoms with E-state index >= 15 is 0 Å². The molecule has 13 heavy (non-hydrogen) atoms. The first-order valence-electron chi connectivity index (χ1n) is 4.09. The normalized spacial score (nSPS) is 26.5. The summed E-state index contributed by atoms with van der Waals surface area (Å²) in [6.45, 7) is 2.80. The molecule has 0 aromatic carbocycles. The van der Waals surface area contributed by atoms with E-state index in [1.54, 1.807) is 6.20 Å². The highest BCUT2D eigenvalue weighted by atomic mass is 16.6. The maximum absolute atomic E-state index is 5.31. The van der Waals surface area contributed by atoms with Crippen molar-refractivity contribution in [2.45, 2.75) is 12.5 Å². The van der Waals surface area contributed by atoms with Crippen molar-refractivity contribution in [2.75, 3.05) is 6.61 Å². The Morgan fingerprint density at radius 1 is 1.54 bits per heavy atom. The molecule has 1 unspecified atom stereocenters. The summed E-state index contributed by atoms with van der Waals surface area (Å²) < 4.78 is 5.31. The summed E-state index contributed by atoms with van der Waals surface area (Å²) in [7, 11) is 0. The van der Waals surface area contributed by atoms with Gasteiger partial charge in [0.1, 0.15) is 11.1 Å². The third-order valence-electron chi connectivity index (χ3n) is 2.36. The summed E-state index contributed by atoms with van der Waals surface area (Å²) >= 11 is 0. The molecule has 1 fully saturated rings. The van der Waals surface area contributed by atoms with Crippen LogP contribution in [0.25, 0.3) is 11.2 Å². The van der Waals surface area contributed by atoms with Crippen molar-refractivity contribution in [1.82, 2.24) is 20.4 Å². The van der Waals surface area contributed by atoms with Crippen LogP contribution < -0.4 is 0 Å². The van der Waals surface area contributed by atoms with Gasteiger partial charge in [-0.1, -0.05) is 0 Å². The number of rotatable bonds is 1. The lowest BCUT2D eigenvalue weighted by molar-refractivity contribution is 0.329. The molecule has 1 aliphatic rings. The molecule has 0 amide bonds. The zero-order valence-corrected chi connectivity index (χ0v) is 7.11. The smallest absolute Gasteiger partial charge is 0.201 e. The van der Waals surface area contributed by atoms with Gasteiger partial charge in [0.15, 0.2) is 0 Å². The number of hydrogen-bond donors (Lipinski definition) is 1. The standard InChI is InChI=1S/C8H8N4O/c1-8(4-13-8)5-2-6-7(9-3-5)11-12-10-6/h2-3H,4H2,1H3,(H,9,10,11,12). The van der Waals surface area contributed by atoms with Crippen molar-refractivity contribution in [1.29, 1.82) is 0 Å². The van der Waals surface area contributed by atoms with Gasteiger partial charge in [-0.25, -0.2) is 4.98 Å². The summed E-state index contributed by atoms with van der Waals surface area (Å²) in [5.74, 6) is 0. The molecule has 3 rings (SSSR count). The monoisotopic (exact) mass is 176 g/mol. The van der Waals surface area contributed by atoms with Crippen molar-refractivity contribution in [2.24, 2.45) is 0 Å². The molecule has 66 valence electrons. The zero-order chi connectivity index (χ0) is 8.89. The molecule has 1 aliphatic heterocycles. The SMILES string of the molecule is CC1(c2cnc3n[nH]nc3c2)CO1. The van der Waals surface area contributed by atoms with E-state index in [0.29, 0.717) is 5.65 Å². The van der Waals surface area contributed by atoms with Crippen molar-refractivity contribution >= 4 is 11.2 Å². The van der Waals surface area contributed by atoms with E-state index in [1.807, 2.05) is 13.0 Å². The summed E-state index contributed by atoms with van der Waals surface area (Å²) in [5, 5.41) is 10.4. The highest BCUT2D eigenvalue weighted by Gasteiger charge is 2.41. The maximum Gasteiger partial charge on any atom is 0.201 e. The van der Waals surface area contributed by atoms with Crippen LogP contribution in [0.5, 0.6) is 0 Å². The van der Waals surface area contributed by atoms with Crippen molar-refractivity contribution in [3.63, 3.8) is 0 Å². The molecule has 2 aromatic heterocycles. The van der Waals surface area contributed by atoms with Crippen LogP contribution in [0, 0.1) is 0 Å². The Labute approximate surface area is 74.1 Å². The van der Waals surface area contributed by atoms with Crippen LogP contribution in [-0.4, -0.2) is 27.0 Å². The second-order valence-electron chi connectivity index (χ2n) is 3.41. The average molecular weight is 176 g/mol. The Morgan fingerprint density at radius 3 is 3.15 bits per heavy atom. The highest BCUT2D eigenvalue weighted by Crippen LogP contribution is 2.37. The van der Waals surface area contributed by atoms with Crippen LogP contribution >= 0.6 is 0 Å². The quantitative estimate of drug-likeness (QED) is 0.646. The van der Waals surface area contributed by atoms with Crippen molar-refractivity contribution in [3.05, 3.63) is 17.8 Å². The number of H-pyrrole nitrogens is 1. The van der Waals surface area contributed by atoms with Crippen LogP contribution in [0.1, 0.15) is 12.5 Å². The lowest BCUT2D eigenvalue weighted by Gasteiger charge is -2.02. The van der Waals surface area contributed by atoms with Gasteiger partial charge in [-0.2, -0.15) is 10.3 Å². The second-order valence-corrected chi connectivity index (χ2v) is 3.41. The van der Waals surface area contributed by atoms with Crippen LogP contribution in [0.15, 0.2) is 12.3 Å². The number of nitrogens with zero attached hydrogens (tertiary/aromatic N) is 3. The fraction of sp³-hybridized carbons (Fsp3) is 0.375. The molecule has 0 radical (unpaired) electrons. The fourth-order valence-corrected chi connectivity index (χ4v) is 1.30. The van der Waals surface area contributed by atoms with Gasteiger partial charge in [0, 0.05) is 11.8 Å². The Balaban J connectivity index is 2.20. The van der Waals surface area contributed by atoms with E-state index < -0.39 is 0 Å². The summed E-state index contributed by atoms with van der Waals surface area (Å²) in [6.07, 6.45) is 1.79. The van der Waals surface area contributed by atoms with Gasteiger partial charge in [0.25, 0.3) is 0 Å². The van der Waals surface area contributed by atoms with Gasteiger partial charge in [-0.15, -0.1) is 5.10 Å². The molecular weight excluding hydrogens is 168 g/mol. The lowest BCUT2D eigenvalue weighted by atomic mass is 10.0. The molecule has 5 nitrogen and oxygen atoms in total. The van der Waals surface area contributed by atoms with Gasteiger partial charge in [0.05, 0.1) is 6.61 Å². The Morgan fingerprint density at radius 2 is 2.38 bits per heavy atom. The number of ether oxygens (including phenoxy) is 1. The third kappa shape index (κ3) is 0.936. The molecule has 0 aliphatic carbocycles. The Kier molecular flexibility index (Phi) is 1.10. The molecule has 1 atom stereocenters. The number of pyridine rings is 1. The minimum atomic E-state index is -0.139. The van der Waals surface area contributed by atoms with Crippen LogP contribution in [-0.2, 0) is 10.3 Å². The van der Waals surface area contributed by atoms with Gasteiger partial charge in [0.2, 0.25) is 5.65 Å². The first kappa shape index (κ1) is 6.97. The third-order valence-corrected chi connectivity index (χ3v) is 2.36. The predicted octanol–water partition coefficient (Wildman–Crippen LogP) is 0.598. The Bertz CT molecular complexity index is 460. The van der Waals surface area contributed by atoms with E-state index in [2.05, 4.69) is 20.4 Å². The highest BCUT2D eigenvalue weighted by molar-refractivity contribution is 5.69. The van der Waals surface area contributed by atoms with Crippen LogP contribution in [0.4, 0.5) is 0 Å². The largest absolute Gasteiger partial charge is 0.365 e. The molecule has 1 saturated heterocycles. The van der Waals surface area contributed by atoms with Gasteiger partial charge in [-0.3, -0.25) is 0 Å². The minimum absolute atomic E-state index is 0.139. The van der Waals surface area contributed by atoms with E-state index in [4.69, 9.17) is 4.74 Å². The summed E-state index contributed by atoms with van der Waals surface area (Å²) in [6, 6.07) is 1.96. The number of aromatic amines is 1. The fourth-order valence-electron chi connectivity index (χ4n) is 1.30. The van der Waals surface area contributed by atoms with E-state index in [9.17, 15) is 0 Å². The van der Waals surface area contributed by atoms with Crippen LogP contribution in [0.2, 0.25) is 0 Å². The molecule has 3 heterocycles. The summed E-state index contributed by atoms with van der Waals surface area (Å²) in [5.41, 5.74) is 2.36. The van der Waals surface area contributed by atoms with E-state index in [1.165, 1.54) is 0 Å². The number of epoxide rings is 1. The lowest BCUT2D eigenvalue weighted by Crippen LogP contribution is -2.02. The zero-order valence-electron chi connectivity index (χ0n) is 7.11. The summed E-state index contributed by atoms with van der Waals surface area (Å²) in [4.78, 5) is 4.16. The van der Waals surface area contributed by atoms with Gasteiger partial charge in [-0.05, 0) is 13.0 Å². The first-order valence-corrected chi connectivity index (χ1v) is 4.09. The minimum Gasteiger partial charge on any atom is -0.365 e. The predicted molar refractivity (Wildman–Crippen MR) is 45.0 cm³/mol. The van der Waals surface area contributed by atoms with Crippen LogP contribution in [0.3, 0.4) is 0 Å². The topological polar surface area (TPSA) is 67.0 Å². The van der Waals surface area contributed by atoms with Crippen molar-refractivity contribution < 1.29 is 4.74 Å². The van der Waals surface area contributed by atoms with Gasteiger partial charge >= 0.3 is 0 Å². The van der Waals surface area contributed by atoms with Gasteiger partial charge < -0.3 is 4.74 Å². The molecule has 0 spiro atoms. The van der Waals surface area contributed by atoms with E-state index in [-0.39, 0.29) is 5.60 Å². The molecule has 2 aromatic rings. The molecule has 1 N–H and O–H groups in total. The number of nitrogens with one attached hydrogen (secondary N) is 1. The van der Waals surface area contributed by atoms with Crippen molar-refractivity contribution in [3.8, 4) is 0 Å².